The minimum atomic E-state index is 0.606. The number of nitrogens with zero attached hydrogens (tertiary/aromatic N) is 4. The molecule has 3 N–H and O–H groups in total. The number of anilines is 1. The molecule has 0 aliphatic heterocycles. The van der Waals surface area contributed by atoms with Gasteiger partial charge in [-0.25, -0.2) is 25.8 Å². The van der Waals surface area contributed by atoms with E-state index >= 15 is 0 Å². The van der Waals surface area contributed by atoms with Crippen molar-refractivity contribution in [2.45, 2.75) is 26.2 Å². The average Bonchev–Trinajstić information content (AvgIpc) is 2.85. The van der Waals surface area contributed by atoms with Crippen molar-refractivity contribution in [3.8, 4) is 11.5 Å². The molecule has 92 valence electrons. The van der Waals surface area contributed by atoms with Crippen molar-refractivity contribution in [2.24, 2.45) is 5.84 Å². The van der Waals surface area contributed by atoms with E-state index in [2.05, 4.69) is 25.4 Å². The molecule has 0 atom stereocenters. The first-order chi connectivity index (χ1) is 8.78. The molecule has 1 aliphatic carbocycles. The summed E-state index contributed by atoms with van der Waals surface area (Å²) in [6, 6.07) is 1.81. The maximum absolute atomic E-state index is 5.53. The van der Waals surface area contributed by atoms with Crippen LogP contribution in [0.1, 0.15) is 23.5 Å². The summed E-state index contributed by atoms with van der Waals surface area (Å²) in [5, 5.41) is 0. The van der Waals surface area contributed by atoms with Gasteiger partial charge in [-0.1, -0.05) is 0 Å². The molecular weight excluding hydrogens is 228 g/mol. The summed E-state index contributed by atoms with van der Waals surface area (Å²) in [6.45, 7) is 1.85. The van der Waals surface area contributed by atoms with Crippen LogP contribution in [0.15, 0.2) is 12.3 Å². The highest BCUT2D eigenvalue weighted by Crippen LogP contribution is 2.27. The average molecular weight is 242 g/mol. The lowest BCUT2D eigenvalue weighted by Crippen LogP contribution is -2.13. The van der Waals surface area contributed by atoms with Gasteiger partial charge in [-0.3, -0.25) is 0 Å². The summed E-state index contributed by atoms with van der Waals surface area (Å²) >= 11 is 0. The Morgan fingerprint density at radius 2 is 2.11 bits per heavy atom. The number of aryl methyl sites for hydroxylation is 2. The zero-order valence-corrected chi connectivity index (χ0v) is 10.1. The van der Waals surface area contributed by atoms with Crippen molar-refractivity contribution in [2.75, 3.05) is 5.43 Å². The monoisotopic (exact) mass is 242 g/mol. The Morgan fingerprint density at radius 3 is 2.89 bits per heavy atom. The molecule has 0 spiro atoms. The van der Waals surface area contributed by atoms with Crippen LogP contribution in [0.2, 0.25) is 0 Å². The highest BCUT2D eigenvalue weighted by molar-refractivity contribution is 5.57. The summed E-state index contributed by atoms with van der Waals surface area (Å²) < 4.78 is 0. The molecule has 0 unspecified atom stereocenters. The van der Waals surface area contributed by atoms with Crippen LogP contribution in [0, 0.1) is 6.92 Å². The van der Waals surface area contributed by atoms with Gasteiger partial charge in [0.05, 0.1) is 0 Å². The molecule has 1 aliphatic rings. The van der Waals surface area contributed by atoms with Crippen LogP contribution in [0.3, 0.4) is 0 Å². The fraction of sp³-hybridized carbons (Fsp3) is 0.333. The predicted octanol–water partition coefficient (Wildman–Crippen LogP) is 1.02. The lowest BCUT2D eigenvalue weighted by molar-refractivity contribution is 0.899. The zero-order chi connectivity index (χ0) is 12.5. The molecule has 0 fully saturated rings. The van der Waals surface area contributed by atoms with Crippen molar-refractivity contribution in [3.05, 3.63) is 29.3 Å². The van der Waals surface area contributed by atoms with Crippen LogP contribution in [0.25, 0.3) is 11.5 Å². The van der Waals surface area contributed by atoms with Gasteiger partial charge in [-0.2, -0.15) is 0 Å². The number of nitrogen functional groups attached to an aromatic ring is 1. The minimum Gasteiger partial charge on any atom is -0.308 e. The highest BCUT2D eigenvalue weighted by Gasteiger charge is 2.19. The topological polar surface area (TPSA) is 89.6 Å². The lowest BCUT2D eigenvalue weighted by atomic mass is 10.2. The number of nitrogens with two attached hydrogens (primary N) is 1. The van der Waals surface area contributed by atoms with E-state index in [1.807, 2.05) is 13.0 Å². The van der Waals surface area contributed by atoms with Gasteiger partial charge >= 0.3 is 0 Å². The molecular formula is C12H14N6. The first-order valence-corrected chi connectivity index (χ1v) is 5.94. The molecule has 0 saturated heterocycles. The third kappa shape index (κ3) is 1.80. The Morgan fingerprint density at radius 1 is 1.22 bits per heavy atom. The van der Waals surface area contributed by atoms with Crippen LogP contribution in [-0.2, 0) is 12.8 Å². The largest absolute Gasteiger partial charge is 0.308 e. The molecule has 0 radical (unpaired) electrons. The number of hydrazine groups is 1. The van der Waals surface area contributed by atoms with Crippen molar-refractivity contribution >= 4 is 5.82 Å². The van der Waals surface area contributed by atoms with E-state index in [-0.39, 0.29) is 0 Å². The molecule has 0 saturated carbocycles. The Hall–Kier alpha value is -2.08. The van der Waals surface area contributed by atoms with Gasteiger partial charge in [0.25, 0.3) is 0 Å². The molecule has 0 aromatic carbocycles. The molecule has 2 heterocycles. The summed E-state index contributed by atoms with van der Waals surface area (Å²) in [6.07, 6.45) is 4.77. The van der Waals surface area contributed by atoms with E-state index in [1.54, 1.807) is 6.20 Å². The zero-order valence-electron chi connectivity index (χ0n) is 10.1. The standard InChI is InChI=1S/C12H14N6/c1-7-14-6-5-10(15-7)12-16-9-4-2-3-8(9)11(17-12)18-13/h5-6H,2-4,13H2,1H3,(H,16,17,18). The third-order valence-electron chi connectivity index (χ3n) is 3.07. The van der Waals surface area contributed by atoms with Crippen LogP contribution < -0.4 is 11.3 Å². The summed E-state index contributed by atoms with van der Waals surface area (Å²) in [7, 11) is 0. The van der Waals surface area contributed by atoms with Gasteiger partial charge in [0.1, 0.15) is 17.3 Å². The SMILES string of the molecule is Cc1nccc(-c2nc3c(c(NN)n2)CCC3)n1. The number of aromatic nitrogens is 4. The fourth-order valence-corrected chi connectivity index (χ4v) is 2.25. The molecule has 6 heteroatoms. The molecule has 18 heavy (non-hydrogen) atoms. The van der Waals surface area contributed by atoms with E-state index < -0.39 is 0 Å². The van der Waals surface area contributed by atoms with Crippen molar-refractivity contribution in [1.82, 2.24) is 19.9 Å². The Balaban J connectivity index is 2.13. The molecule has 3 rings (SSSR count). The van der Waals surface area contributed by atoms with Gasteiger partial charge in [-0.05, 0) is 32.3 Å². The maximum atomic E-state index is 5.53. The molecule has 2 aromatic heterocycles. The summed E-state index contributed by atoms with van der Waals surface area (Å²) in [4.78, 5) is 17.4. The van der Waals surface area contributed by atoms with E-state index in [4.69, 9.17) is 5.84 Å². The van der Waals surface area contributed by atoms with E-state index in [1.165, 1.54) is 0 Å². The number of fused-ring (bicyclic) bond motifs is 1. The van der Waals surface area contributed by atoms with Crippen LogP contribution in [0.5, 0.6) is 0 Å². The Kier molecular flexibility index (Phi) is 2.64. The number of hydrogen-bond donors (Lipinski definition) is 2. The van der Waals surface area contributed by atoms with E-state index in [0.717, 1.165) is 36.2 Å². The molecule has 0 amide bonds. The van der Waals surface area contributed by atoms with Crippen molar-refractivity contribution < 1.29 is 0 Å². The Bertz CT molecular complexity index is 595. The number of nitrogens with one attached hydrogen (secondary N) is 1. The van der Waals surface area contributed by atoms with Gasteiger partial charge in [0.15, 0.2) is 5.82 Å². The van der Waals surface area contributed by atoms with Gasteiger partial charge in [0, 0.05) is 17.5 Å². The van der Waals surface area contributed by atoms with Gasteiger partial charge in [-0.15, -0.1) is 0 Å². The van der Waals surface area contributed by atoms with Crippen molar-refractivity contribution in [3.63, 3.8) is 0 Å². The molecule has 2 aromatic rings. The third-order valence-corrected chi connectivity index (χ3v) is 3.07. The quantitative estimate of drug-likeness (QED) is 0.603. The summed E-state index contributed by atoms with van der Waals surface area (Å²) in [5.74, 6) is 7.55. The predicted molar refractivity (Wildman–Crippen MR) is 67.6 cm³/mol. The summed E-state index contributed by atoms with van der Waals surface area (Å²) in [5.41, 5.74) is 5.59. The second kappa shape index (κ2) is 4.30. The van der Waals surface area contributed by atoms with E-state index in [9.17, 15) is 0 Å². The molecule has 6 nitrogen and oxygen atoms in total. The second-order valence-corrected chi connectivity index (χ2v) is 4.31. The fourth-order valence-electron chi connectivity index (χ4n) is 2.25. The van der Waals surface area contributed by atoms with Crippen molar-refractivity contribution in [1.29, 1.82) is 0 Å². The van der Waals surface area contributed by atoms with Gasteiger partial charge in [0.2, 0.25) is 0 Å². The van der Waals surface area contributed by atoms with Crippen LogP contribution in [-0.4, -0.2) is 19.9 Å². The van der Waals surface area contributed by atoms with E-state index in [0.29, 0.717) is 17.5 Å². The van der Waals surface area contributed by atoms with Crippen LogP contribution >= 0.6 is 0 Å². The first kappa shape index (κ1) is 11.0. The normalized spacial score (nSPS) is 13.4. The number of rotatable bonds is 2. The lowest BCUT2D eigenvalue weighted by Gasteiger charge is -2.08. The Labute approximate surface area is 105 Å². The minimum absolute atomic E-state index is 0.606. The highest BCUT2D eigenvalue weighted by atomic mass is 15.3. The van der Waals surface area contributed by atoms with Crippen LogP contribution in [0.4, 0.5) is 5.82 Å². The van der Waals surface area contributed by atoms with Gasteiger partial charge < -0.3 is 5.43 Å². The molecule has 0 bridgehead atoms. The first-order valence-electron chi connectivity index (χ1n) is 5.94. The second-order valence-electron chi connectivity index (χ2n) is 4.31. The smallest absolute Gasteiger partial charge is 0.180 e. The number of hydrogen-bond acceptors (Lipinski definition) is 6. The maximum Gasteiger partial charge on any atom is 0.180 e.